The maximum Gasteiger partial charge on any atom is 0.326 e. The molecule has 3 aromatic rings. The van der Waals surface area contributed by atoms with Crippen LogP contribution in [0.2, 0.25) is 0 Å². The number of aliphatic carboxylic acids is 1. The molecular weight excluding hydrogens is 931 g/mol. The van der Waals surface area contributed by atoms with Gasteiger partial charge in [-0.2, -0.15) is 0 Å². The maximum absolute atomic E-state index is 14.1. The Morgan fingerprint density at radius 2 is 1.30 bits per heavy atom. The molecule has 4 rings (SSSR count). The lowest BCUT2D eigenvalue weighted by Crippen LogP contribution is -2.61. The van der Waals surface area contributed by atoms with E-state index in [1.807, 2.05) is 0 Å². The number of aromatic amines is 2. The van der Waals surface area contributed by atoms with E-state index < -0.39 is 133 Å². The highest BCUT2D eigenvalue weighted by molar-refractivity contribution is 5.98. The number of nitrogens with two attached hydrogens (primary N) is 1. The molecular formula is C45H65N13O13. The molecule has 0 saturated carbocycles. The van der Waals surface area contributed by atoms with Crippen molar-refractivity contribution < 1.29 is 63.6 Å². The Morgan fingerprint density at radius 1 is 0.718 bits per heavy atom. The predicted octanol–water partition coefficient (Wildman–Crippen LogP) is -4.02. The molecule has 1 aromatic carbocycles. The van der Waals surface area contributed by atoms with Gasteiger partial charge in [-0.15, -0.1) is 0 Å². The number of carbonyl (C=O) groups is 9. The predicted molar refractivity (Wildman–Crippen MR) is 250 cm³/mol. The van der Waals surface area contributed by atoms with Gasteiger partial charge >= 0.3 is 5.97 Å². The minimum atomic E-state index is -1.61. The van der Waals surface area contributed by atoms with Crippen LogP contribution in [-0.4, -0.2) is 173 Å². The summed E-state index contributed by atoms with van der Waals surface area (Å²) in [4.78, 5) is 134. The van der Waals surface area contributed by atoms with Gasteiger partial charge in [0.2, 0.25) is 47.3 Å². The summed E-state index contributed by atoms with van der Waals surface area (Å²) in [5, 5.41) is 56.8. The number of aliphatic hydroxyl groups is 2. The smallest absolute Gasteiger partial charge is 0.326 e. The number of nitrogens with zero attached hydrogens (tertiary/aromatic N) is 3. The molecule has 1 saturated heterocycles. The van der Waals surface area contributed by atoms with Gasteiger partial charge < -0.3 is 78.2 Å². The molecule has 1 fully saturated rings. The lowest BCUT2D eigenvalue weighted by atomic mass is 9.97. The molecule has 9 atom stereocenters. The summed E-state index contributed by atoms with van der Waals surface area (Å²) < 4.78 is 0. The summed E-state index contributed by atoms with van der Waals surface area (Å²) >= 11 is 0. The standard InChI is InChI=1S/C45H65N13O13/c1-5-24(4)37(57-41(66)33(20-60)54-38(63)29(46)14-26-16-47-21-50-26)44(69)58-12-6-7-34(58)42(67)55-32(19-59)39(64)49-18-35(62)52-30(15-27-17-48-22-51-27)40(65)56-36(23(2)3)43(68)53-31(45(70)71)13-25-8-10-28(61)11-9-25/h8-11,16-17,21-24,29-34,36-37,59-61H,5-7,12-15,18-20,46H2,1-4H3,(H,47,50)(H,48,51)(H,49,64)(H,52,62)(H,53,68)(H,54,63)(H,55,67)(H,56,65)(H,57,66)(H,70,71)/t24-,29-,30-,31-,32-,33-,34-,36-,37-/m0/s1. The van der Waals surface area contributed by atoms with Gasteiger partial charge in [-0.05, 0) is 42.4 Å². The zero-order valence-corrected chi connectivity index (χ0v) is 39.8. The monoisotopic (exact) mass is 995 g/mol. The first kappa shape index (κ1) is 56.1. The number of hydrogen-bond donors (Lipinski definition) is 14. The molecule has 0 radical (unpaired) electrons. The van der Waals surface area contributed by atoms with Crippen LogP contribution in [0.25, 0.3) is 0 Å². The Bertz CT molecular complexity index is 2280. The highest BCUT2D eigenvalue weighted by atomic mass is 16.4. The van der Waals surface area contributed by atoms with Crippen LogP contribution in [0.4, 0.5) is 0 Å². The quantitative estimate of drug-likeness (QED) is 0.0346. The van der Waals surface area contributed by atoms with Crippen LogP contribution in [0.3, 0.4) is 0 Å². The number of imidazole rings is 2. The summed E-state index contributed by atoms with van der Waals surface area (Å²) in [6.45, 7) is 4.30. The van der Waals surface area contributed by atoms with Crippen LogP contribution in [-0.2, 0) is 62.4 Å². The van der Waals surface area contributed by atoms with E-state index in [4.69, 9.17) is 5.73 Å². The average molecular weight is 996 g/mol. The number of likely N-dealkylation sites (tertiary alicyclic amines) is 1. The van der Waals surface area contributed by atoms with E-state index in [2.05, 4.69) is 57.2 Å². The molecule has 1 aliphatic heterocycles. The molecule has 3 heterocycles. The fraction of sp³-hybridized carbons (Fsp3) is 0.533. The maximum atomic E-state index is 14.1. The summed E-state index contributed by atoms with van der Waals surface area (Å²) in [5.41, 5.74) is 7.47. The van der Waals surface area contributed by atoms with Crippen LogP contribution in [0.15, 0.2) is 49.3 Å². The first-order chi connectivity index (χ1) is 33.8. The Labute approximate surface area is 408 Å². The third-order valence-corrected chi connectivity index (χ3v) is 11.9. The number of rotatable bonds is 27. The van der Waals surface area contributed by atoms with Crippen molar-refractivity contribution in [2.24, 2.45) is 17.6 Å². The number of hydrogen-bond acceptors (Lipinski definition) is 15. The van der Waals surface area contributed by atoms with E-state index in [9.17, 15) is 63.6 Å². The van der Waals surface area contributed by atoms with Crippen LogP contribution >= 0.6 is 0 Å². The number of H-pyrrole nitrogens is 2. The summed E-state index contributed by atoms with van der Waals surface area (Å²) in [7, 11) is 0. The molecule has 26 heteroatoms. The number of carboxylic acids is 1. The van der Waals surface area contributed by atoms with Crippen molar-refractivity contribution in [2.75, 3.05) is 26.3 Å². The Morgan fingerprint density at radius 3 is 1.86 bits per heavy atom. The number of amides is 8. The molecule has 26 nitrogen and oxygen atoms in total. The topological polar surface area (TPSA) is 405 Å². The van der Waals surface area contributed by atoms with Crippen molar-refractivity contribution in [1.29, 1.82) is 0 Å². The largest absolute Gasteiger partial charge is 0.508 e. The minimum Gasteiger partial charge on any atom is -0.508 e. The molecule has 0 spiro atoms. The molecule has 71 heavy (non-hydrogen) atoms. The van der Waals surface area contributed by atoms with Crippen LogP contribution in [0.1, 0.15) is 63.9 Å². The van der Waals surface area contributed by atoms with Crippen LogP contribution in [0.5, 0.6) is 5.75 Å². The van der Waals surface area contributed by atoms with Crippen molar-refractivity contribution in [3.8, 4) is 5.75 Å². The van der Waals surface area contributed by atoms with Crippen LogP contribution in [0, 0.1) is 11.8 Å². The van der Waals surface area contributed by atoms with Gasteiger partial charge in [-0.1, -0.05) is 46.2 Å². The van der Waals surface area contributed by atoms with E-state index >= 15 is 0 Å². The second-order valence-electron chi connectivity index (χ2n) is 17.6. The van der Waals surface area contributed by atoms with E-state index in [0.29, 0.717) is 29.8 Å². The highest BCUT2D eigenvalue weighted by Gasteiger charge is 2.41. The van der Waals surface area contributed by atoms with E-state index in [1.54, 1.807) is 27.7 Å². The number of benzene rings is 1. The van der Waals surface area contributed by atoms with Gasteiger partial charge in [0.25, 0.3) is 0 Å². The fourth-order valence-electron chi connectivity index (χ4n) is 7.56. The fourth-order valence-corrected chi connectivity index (χ4v) is 7.56. The molecule has 0 unspecified atom stereocenters. The van der Waals surface area contributed by atoms with E-state index in [1.165, 1.54) is 54.2 Å². The third kappa shape index (κ3) is 16.6. The van der Waals surface area contributed by atoms with Crippen LogP contribution < -0.4 is 43.0 Å². The summed E-state index contributed by atoms with van der Waals surface area (Å²) in [6.07, 6.45) is 6.31. The third-order valence-electron chi connectivity index (χ3n) is 11.9. The number of aromatic nitrogens is 4. The SMILES string of the molecule is CC[C@H](C)[C@H](NC(=O)[C@H](CO)NC(=O)[C@@H](N)Cc1cnc[nH]1)C(=O)N1CCC[C@H]1C(=O)N[C@@H](CO)C(=O)NCC(=O)N[C@@H](Cc1cnc[nH]1)C(=O)N[C@H](C(=O)N[C@@H](Cc1ccc(O)cc1)C(=O)O)C(C)C. The lowest BCUT2D eigenvalue weighted by Gasteiger charge is -2.32. The number of carbonyl (C=O) groups excluding carboxylic acids is 8. The molecule has 388 valence electrons. The van der Waals surface area contributed by atoms with E-state index in [-0.39, 0.29) is 38.0 Å². The number of phenols is 1. The molecule has 8 amide bonds. The van der Waals surface area contributed by atoms with E-state index in [0.717, 1.165) is 0 Å². The van der Waals surface area contributed by atoms with Gasteiger partial charge in [-0.25, -0.2) is 14.8 Å². The van der Waals surface area contributed by atoms with Gasteiger partial charge in [0.05, 0.1) is 38.5 Å². The Balaban J connectivity index is 1.36. The molecule has 2 aromatic heterocycles. The number of phenolic OH excluding ortho intramolecular Hbond substituents is 1. The van der Waals surface area contributed by atoms with Crippen molar-refractivity contribution in [3.05, 3.63) is 66.3 Å². The van der Waals surface area contributed by atoms with Crippen molar-refractivity contribution >= 4 is 53.2 Å². The molecule has 15 N–H and O–H groups in total. The highest BCUT2D eigenvalue weighted by Crippen LogP contribution is 2.22. The molecule has 0 bridgehead atoms. The average Bonchev–Trinajstić information content (AvgIpc) is 4.17. The molecule has 0 aliphatic carbocycles. The van der Waals surface area contributed by atoms with Gasteiger partial charge in [0, 0.05) is 49.6 Å². The number of nitrogens with one attached hydrogen (secondary N) is 9. The minimum absolute atomic E-state index is 0.0309. The Hall–Kier alpha value is -7.45. The normalized spacial score (nSPS) is 16.7. The lowest BCUT2D eigenvalue weighted by molar-refractivity contribution is -0.144. The van der Waals surface area contributed by atoms with Gasteiger partial charge in [0.1, 0.15) is 48.0 Å². The first-order valence-corrected chi connectivity index (χ1v) is 23.1. The zero-order valence-electron chi connectivity index (χ0n) is 39.8. The zero-order chi connectivity index (χ0) is 52.4. The second-order valence-corrected chi connectivity index (χ2v) is 17.6. The number of aliphatic hydroxyl groups excluding tert-OH is 2. The van der Waals surface area contributed by atoms with Gasteiger partial charge in [-0.3, -0.25) is 38.4 Å². The number of carboxylic acid groups (broad SMARTS) is 1. The number of aromatic hydroxyl groups is 1. The first-order valence-electron chi connectivity index (χ1n) is 23.1. The summed E-state index contributed by atoms with van der Waals surface area (Å²) in [6, 6.07) is -4.83. The Kier molecular flexibility index (Phi) is 21.4. The summed E-state index contributed by atoms with van der Waals surface area (Å²) in [5.74, 6) is -9.05. The van der Waals surface area contributed by atoms with Gasteiger partial charge in [0.15, 0.2) is 0 Å². The second kappa shape index (κ2) is 27.1. The molecule has 1 aliphatic rings. The van der Waals surface area contributed by atoms with Crippen molar-refractivity contribution in [3.63, 3.8) is 0 Å². The van der Waals surface area contributed by atoms with Crippen molar-refractivity contribution in [2.45, 2.75) is 115 Å². The van der Waals surface area contributed by atoms with Crippen molar-refractivity contribution in [1.82, 2.24) is 62.1 Å².